The van der Waals surface area contributed by atoms with Gasteiger partial charge < -0.3 is 5.73 Å². The minimum atomic E-state index is 0.700. The second kappa shape index (κ2) is 6.58. The minimum absolute atomic E-state index is 0.700. The monoisotopic (exact) mass is 277 g/mol. The minimum Gasteiger partial charge on any atom is -0.398 e. The standard InChI is InChI=1S/C16H20ClNO/c1-10(5-6-11(2)9-19)7-14-13(4)16(17)12(3)8-15(14)18/h5-6,8-9H,7,18H2,1-4H3/b10-5+,11-6+. The molecule has 0 aliphatic heterocycles. The normalized spacial score (nSPS) is 12.7. The van der Waals surface area contributed by atoms with Gasteiger partial charge in [0, 0.05) is 10.7 Å². The molecule has 2 nitrogen and oxygen atoms in total. The molecule has 0 radical (unpaired) electrons. The number of rotatable bonds is 4. The molecular formula is C16H20ClNO. The molecule has 0 amide bonds. The van der Waals surface area contributed by atoms with Crippen LogP contribution in [0.4, 0.5) is 5.69 Å². The fourth-order valence-corrected chi connectivity index (χ4v) is 2.08. The number of nitrogen functional groups attached to an aromatic ring is 1. The Morgan fingerprint density at radius 2 is 1.95 bits per heavy atom. The summed E-state index contributed by atoms with van der Waals surface area (Å²) < 4.78 is 0. The highest BCUT2D eigenvalue weighted by atomic mass is 35.5. The van der Waals surface area contributed by atoms with Gasteiger partial charge in [-0.1, -0.05) is 29.3 Å². The Morgan fingerprint density at radius 1 is 1.32 bits per heavy atom. The zero-order valence-electron chi connectivity index (χ0n) is 11.9. The van der Waals surface area contributed by atoms with Crippen molar-refractivity contribution >= 4 is 23.6 Å². The molecule has 0 fully saturated rings. The molecule has 1 aromatic carbocycles. The van der Waals surface area contributed by atoms with Gasteiger partial charge >= 0.3 is 0 Å². The number of anilines is 1. The number of allylic oxidation sites excluding steroid dienone is 4. The number of aryl methyl sites for hydroxylation is 1. The van der Waals surface area contributed by atoms with Crippen LogP contribution in [0.1, 0.15) is 30.5 Å². The van der Waals surface area contributed by atoms with Gasteiger partial charge in [0.1, 0.15) is 6.29 Å². The van der Waals surface area contributed by atoms with Crippen molar-refractivity contribution in [2.75, 3.05) is 5.73 Å². The summed E-state index contributed by atoms with van der Waals surface area (Å²) in [6, 6.07) is 1.91. The number of hydrogen-bond acceptors (Lipinski definition) is 2. The van der Waals surface area contributed by atoms with Crippen LogP contribution in [0.2, 0.25) is 5.02 Å². The van der Waals surface area contributed by atoms with E-state index >= 15 is 0 Å². The van der Waals surface area contributed by atoms with E-state index in [9.17, 15) is 4.79 Å². The fraction of sp³-hybridized carbons (Fsp3) is 0.312. The first-order valence-corrected chi connectivity index (χ1v) is 6.58. The molecule has 0 bridgehead atoms. The second-order valence-electron chi connectivity index (χ2n) is 4.92. The van der Waals surface area contributed by atoms with E-state index in [1.54, 1.807) is 6.92 Å². The van der Waals surface area contributed by atoms with Crippen molar-refractivity contribution in [1.29, 1.82) is 0 Å². The van der Waals surface area contributed by atoms with Crippen LogP contribution in [0.5, 0.6) is 0 Å². The summed E-state index contributed by atoms with van der Waals surface area (Å²) in [5, 5.41) is 0.775. The maximum atomic E-state index is 10.5. The van der Waals surface area contributed by atoms with Crippen molar-refractivity contribution in [1.82, 2.24) is 0 Å². The molecule has 0 atom stereocenters. The van der Waals surface area contributed by atoms with Crippen LogP contribution in [0.15, 0.2) is 29.4 Å². The first kappa shape index (κ1) is 15.5. The van der Waals surface area contributed by atoms with Crippen LogP contribution >= 0.6 is 11.6 Å². The Labute approximate surface area is 120 Å². The maximum Gasteiger partial charge on any atom is 0.145 e. The van der Waals surface area contributed by atoms with Gasteiger partial charge in [0.15, 0.2) is 0 Å². The van der Waals surface area contributed by atoms with E-state index in [2.05, 4.69) is 0 Å². The summed E-state index contributed by atoms with van der Waals surface area (Å²) in [4.78, 5) is 10.5. The van der Waals surface area contributed by atoms with Crippen LogP contribution in [-0.4, -0.2) is 6.29 Å². The number of carbonyl (C=O) groups is 1. The van der Waals surface area contributed by atoms with Gasteiger partial charge in [0.25, 0.3) is 0 Å². The summed E-state index contributed by atoms with van der Waals surface area (Å²) in [5.41, 5.74) is 11.8. The highest BCUT2D eigenvalue weighted by molar-refractivity contribution is 6.32. The third-order valence-electron chi connectivity index (χ3n) is 3.12. The molecule has 19 heavy (non-hydrogen) atoms. The number of carbonyl (C=O) groups excluding carboxylic acids is 1. The van der Waals surface area contributed by atoms with Crippen molar-refractivity contribution in [3.8, 4) is 0 Å². The molecule has 1 rings (SSSR count). The van der Waals surface area contributed by atoms with E-state index in [4.69, 9.17) is 17.3 Å². The number of aldehydes is 1. The Balaban J connectivity index is 3.07. The van der Waals surface area contributed by atoms with Crippen molar-refractivity contribution in [3.63, 3.8) is 0 Å². The lowest BCUT2D eigenvalue weighted by molar-refractivity contribution is -0.104. The van der Waals surface area contributed by atoms with E-state index in [-0.39, 0.29) is 0 Å². The average Bonchev–Trinajstić information content (AvgIpc) is 2.38. The van der Waals surface area contributed by atoms with E-state index in [1.165, 1.54) is 0 Å². The van der Waals surface area contributed by atoms with Crippen molar-refractivity contribution in [2.45, 2.75) is 34.1 Å². The van der Waals surface area contributed by atoms with E-state index in [1.807, 2.05) is 39.0 Å². The molecule has 0 spiro atoms. The lowest BCUT2D eigenvalue weighted by Gasteiger charge is -2.13. The third-order valence-corrected chi connectivity index (χ3v) is 3.70. The molecule has 102 valence electrons. The lowest BCUT2D eigenvalue weighted by atomic mass is 9.97. The van der Waals surface area contributed by atoms with Gasteiger partial charge in [-0.15, -0.1) is 0 Å². The Bertz CT molecular complexity index is 556. The molecular weight excluding hydrogens is 258 g/mol. The quantitative estimate of drug-likeness (QED) is 0.388. The fourth-order valence-electron chi connectivity index (χ4n) is 1.91. The first-order chi connectivity index (χ1) is 8.86. The number of hydrogen-bond donors (Lipinski definition) is 1. The topological polar surface area (TPSA) is 43.1 Å². The molecule has 3 heteroatoms. The Morgan fingerprint density at radius 3 is 2.53 bits per heavy atom. The first-order valence-electron chi connectivity index (χ1n) is 6.20. The second-order valence-corrected chi connectivity index (χ2v) is 5.30. The van der Waals surface area contributed by atoms with Crippen molar-refractivity contribution in [3.05, 3.63) is 51.1 Å². The van der Waals surface area contributed by atoms with E-state index in [0.717, 1.165) is 45.7 Å². The third kappa shape index (κ3) is 3.97. The van der Waals surface area contributed by atoms with Gasteiger partial charge in [-0.05, 0) is 62.4 Å². The number of nitrogens with two attached hydrogens (primary N) is 1. The van der Waals surface area contributed by atoms with Crippen LogP contribution in [0.25, 0.3) is 0 Å². The summed E-state index contributed by atoms with van der Waals surface area (Å²) in [6.45, 7) is 7.73. The Hall–Kier alpha value is -1.54. The number of halogens is 1. The molecule has 0 aliphatic rings. The maximum absolute atomic E-state index is 10.5. The molecule has 0 saturated heterocycles. The summed E-state index contributed by atoms with van der Waals surface area (Å²) in [6.07, 6.45) is 5.33. The highest BCUT2D eigenvalue weighted by Gasteiger charge is 2.10. The molecule has 0 unspecified atom stereocenters. The Kier molecular flexibility index (Phi) is 5.37. The van der Waals surface area contributed by atoms with Crippen LogP contribution in [0, 0.1) is 13.8 Å². The summed E-state index contributed by atoms with van der Waals surface area (Å²) in [7, 11) is 0. The molecule has 0 aliphatic carbocycles. The van der Waals surface area contributed by atoms with Gasteiger partial charge in [-0.2, -0.15) is 0 Å². The predicted molar refractivity (Wildman–Crippen MR) is 82.6 cm³/mol. The molecule has 2 N–H and O–H groups in total. The van der Waals surface area contributed by atoms with Crippen LogP contribution in [0.3, 0.4) is 0 Å². The predicted octanol–water partition coefficient (Wildman–Crippen LogP) is 4.17. The van der Waals surface area contributed by atoms with Crippen LogP contribution < -0.4 is 5.73 Å². The molecule has 0 heterocycles. The van der Waals surface area contributed by atoms with Gasteiger partial charge in [0.05, 0.1) is 0 Å². The number of benzene rings is 1. The van der Waals surface area contributed by atoms with Crippen molar-refractivity contribution in [2.24, 2.45) is 0 Å². The zero-order valence-corrected chi connectivity index (χ0v) is 12.6. The largest absolute Gasteiger partial charge is 0.398 e. The van der Waals surface area contributed by atoms with Crippen LogP contribution in [-0.2, 0) is 11.2 Å². The zero-order chi connectivity index (χ0) is 14.6. The SMILES string of the molecule is C/C(C=O)=C\C=C(/C)Cc1c(N)cc(C)c(Cl)c1C. The van der Waals surface area contributed by atoms with Crippen molar-refractivity contribution < 1.29 is 4.79 Å². The average molecular weight is 278 g/mol. The highest BCUT2D eigenvalue weighted by Crippen LogP contribution is 2.30. The lowest BCUT2D eigenvalue weighted by Crippen LogP contribution is -2.01. The van der Waals surface area contributed by atoms with Gasteiger partial charge in [0.2, 0.25) is 0 Å². The summed E-state index contributed by atoms with van der Waals surface area (Å²) in [5.74, 6) is 0. The van der Waals surface area contributed by atoms with E-state index < -0.39 is 0 Å². The van der Waals surface area contributed by atoms with Gasteiger partial charge in [-0.3, -0.25) is 4.79 Å². The van der Waals surface area contributed by atoms with Gasteiger partial charge in [-0.25, -0.2) is 0 Å². The molecule has 0 aromatic heterocycles. The molecule has 0 saturated carbocycles. The smallest absolute Gasteiger partial charge is 0.145 e. The van der Waals surface area contributed by atoms with E-state index in [0.29, 0.717) is 5.57 Å². The molecule has 1 aromatic rings. The summed E-state index contributed by atoms with van der Waals surface area (Å²) >= 11 is 6.25.